The Morgan fingerprint density at radius 1 is 0.704 bits per heavy atom. The Morgan fingerprint density at radius 3 is 1.56 bits per heavy atom. The summed E-state index contributed by atoms with van der Waals surface area (Å²) < 4.78 is 5.92. The first-order chi connectivity index (χ1) is 13.2. The smallest absolute Gasteiger partial charge is 0.303 e. The standard InChI is InChI=1S/C24H42O3/c1-2-3-14-17-22-20-21-23(27-22)18-15-12-10-8-6-4-5-7-9-11-13-16-19-24(25)26/h20-21H,2-19H2,1H3,(H,25,26). The van der Waals surface area contributed by atoms with E-state index in [1.807, 2.05) is 0 Å². The van der Waals surface area contributed by atoms with Gasteiger partial charge in [-0.3, -0.25) is 4.79 Å². The molecule has 0 amide bonds. The topological polar surface area (TPSA) is 50.4 Å². The summed E-state index contributed by atoms with van der Waals surface area (Å²) in [5.74, 6) is 1.68. The Kier molecular flexibility index (Phi) is 14.9. The highest BCUT2D eigenvalue weighted by molar-refractivity contribution is 5.66. The molecule has 27 heavy (non-hydrogen) atoms. The van der Waals surface area contributed by atoms with Crippen LogP contribution in [0.25, 0.3) is 0 Å². The fraction of sp³-hybridized carbons (Fsp3) is 0.792. The maximum Gasteiger partial charge on any atom is 0.303 e. The molecule has 1 aromatic heterocycles. The van der Waals surface area contributed by atoms with Gasteiger partial charge in [0.25, 0.3) is 0 Å². The molecule has 0 aliphatic heterocycles. The van der Waals surface area contributed by atoms with E-state index in [9.17, 15) is 4.79 Å². The second-order valence-corrected chi connectivity index (χ2v) is 7.96. The van der Waals surface area contributed by atoms with Crippen LogP contribution in [-0.2, 0) is 17.6 Å². The van der Waals surface area contributed by atoms with Crippen molar-refractivity contribution in [1.29, 1.82) is 0 Å². The van der Waals surface area contributed by atoms with Crippen molar-refractivity contribution >= 4 is 5.97 Å². The molecule has 3 heteroatoms. The number of unbranched alkanes of at least 4 members (excludes halogenated alkanes) is 13. The first kappa shape index (κ1) is 23.8. The summed E-state index contributed by atoms with van der Waals surface area (Å²) >= 11 is 0. The Hall–Kier alpha value is -1.25. The van der Waals surface area contributed by atoms with Crippen LogP contribution in [0, 0.1) is 0 Å². The van der Waals surface area contributed by atoms with E-state index in [0.29, 0.717) is 6.42 Å². The van der Waals surface area contributed by atoms with Crippen LogP contribution >= 0.6 is 0 Å². The molecular formula is C24H42O3. The SMILES string of the molecule is CCCCCc1ccc(CCCCCCCCCCCCCCC(=O)O)o1. The lowest BCUT2D eigenvalue weighted by atomic mass is 10.0. The van der Waals surface area contributed by atoms with Crippen LogP contribution in [0.5, 0.6) is 0 Å². The monoisotopic (exact) mass is 378 g/mol. The van der Waals surface area contributed by atoms with E-state index in [2.05, 4.69) is 19.1 Å². The van der Waals surface area contributed by atoms with Gasteiger partial charge in [0.15, 0.2) is 0 Å². The normalized spacial score (nSPS) is 11.1. The minimum absolute atomic E-state index is 0.333. The molecule has 0 fully saturated rings. The maximum atomic E-state index is 10.4. The molecule has 3 nitrogen and oxygen atoms in total. The highest BCUT2D eigenvalue weighted by Gasteiger charge is 2.02. The van der Waals surface area contributed by atoms with Gasteiger partial charge in [0.1, 0.15) is 11.5 Å². The molecule has 0 bridgehead atoms. The highest BCUT2D eigenvalue weighted by atomic mass is 16.4. The van der Waals surface area contributed by atoms with E-state index in [0.717, 1.165) is 25.7 Å². The van der Waals surface area contributed by atoms with Gasteiger partial charge >= 0.3 is 5.97 Å². The Balaban J connectivity index is 1.82. The zero-order chi connectivity index (χ0) is 19.6. The van der Waals surface area contributed by atoms with Crippen LogP contribution in [0.4, 0.5) is 0 Å². The number of aryl methyl sites for hydroxylation is 2. The van der Waals surface area contributed by atoms with Crippen molar-refractivity contribution in [1.82, 2.24) is 0 Å². The van der Waals surface area contributed by atoms with Crippen LogP contribution in [0.15, 0.2) is 16.5 Å². The molecule has 0 atom stereocenters. The molecule has 1 heterocycles. The van der Waals surface area contributed by atoms with Gasteiger partial charge < -0.3 is 9.52 Å². The number of carboxylic acids is 1. The van der Waals surface area contributed by atoms with Gasteiger partial charge in [-0.2, -0.15) is 0 Å². The van der Waals surface area contributed by atoms with Gasteiger partial charge in [0, 0.05) is 19.3 Å². The summed E-state index contributed by atoms with van der Waals surface area (Å²) in [6, 6.07) is 4.33. The zero-order valence-corrected chi connectivity index (χ0v) is 17.6. The molecule has 0 radical (unpaired) electrons. The Bertz CT molecular complexity index is 464. The number of hydrogen-bond donors (Lipinski definition) is 1. The molecule has 0 aromatic carbocycles. The van der Waals surface area contributed by atoms with Gasteiger partial charge in [-0.1, -0.05) is 84.0 Å². The molecule has 0 aliphatic carbocycles. The zero-order valence-electron chi connectivity index (χ0n) is 17.6. The largest absolute Gasteiger partial charge is 0.481 e. The van der Waals surface area contributed by atoms with Crippen LogP contribution in [0.1, 0.15) is 121 Å². The van der Waals surface area contributed by atoms with E-state index in [-0.39, 0.29) is 0 Å². The van der Waals surface area contributed by atoms with E-state index in [1.165, 1.54) is 95.0 Å². The predicted octanol–water partition coefficient (Wildman–Crippen LogP) is 7.71. The van der Waals surface area contributed by atoms with Crippen molar-refractivity contribution in [2.45, 2.75) is 122 Å². The highest BCUT2D eigenvalue weighted by Crippen LogP contribution is 2.16. The Labute approximate surface area is 166 Å². The van der Waals surface area contributed by atoms with Crippen LogP contribution in [0.3, 0.4) is 0 Å². The van der Waals surface area contributed by atoms with Crippen molar-refractivity contribution in [2.24, 2.45) is 0 Å². The summed E-state index contributed by atoms with van der Waals surface area (Å²) in [7, 11) is 0. The summed E-state index contributed by atoms with van der Waals surface area (Å²) in [4.78, 5) is 10.4. The molecule has 1 rings (SSSR count). The van der Waals surface area contributed by atoms with E-state index < -0.39 is 5.97 Å². The van der Waals surface area contributed by atoms with Crippen molar-refractivity contribution < 1.29 is 14.3 Å². The molecule has 0 saturated heterocycles. The lowest BCUT2D eigenvalue weighted by Gasteiger charge is -2.03. The van der Waals surface area contributed by atoms with Crippen LogP contribution in [-0.4, -0.2) is 11.1 Å². The molecule has 0 aliphatic rings. The fourth-order valence-electron chi connectivity index (χ4n) is 3.58. The van der Waals surface area contributed by atoms with Crippen LogP contribution in [0.2, 0.25) is 0 Å². The quantitative estimate of drug-likeness (QED) is 0.251. The number of hydrogen-bond acceptors (Lipinski definition) is 2. The summed E-state index contributed by atoms with van der Waals surface area (Å²) in [6.07, 6.45) is 21.3. The second-order valence-electron chi connectivity index (χ2n) is 7.96. The maximum absolute atomic E-state index is 10.4. The number of furan rings is 1. The van der Waals surface area contributed by atoms with E-state index in [1.54, 1.807) is 0 Å². The fourth-order valence-corrected chi connectivity index (χ4v) is 3.58. The third-order valence-corrected chi connectivity index (χ3v) is 5.31. The van der Waals surface area contributed by atoms with Crippen molar-refractivity contribution in [3.05, 3.63) is 23.7 Å². The molecule has 156 valence electrons. The number of carboxylic acid groups (broad SMARTS) is 1. The minimum atomic E-state index is -0.661. The lowest BCUT2D eigenvalue weighted by molar-refractivity contribution is -0.137. The van der Waals surface area contributed by atoms with Gasteiger partial charge in [0.2, 0.25) is 0 Å². The summed E-state index contributed by atoms with van der Waals surface area (Å²) in [5, 5.41) is 8.58. The van der Waals surface area contributed by atoms with E-state index in [4.69, 9.17) is 9.52 Å². The number of aliphatic carboxylic acids is 1. The minimum Gasteiger partial charge on any atom is -0.481 e. The van der Waals surface area contributed by atoms with Gasteiger partial charge in [-0.05, 0) is 31.4 Å². The third-order valence-electron chi connectivity index (χ3n) is 5.31. The number of rotatable bonds is 19. The average Bonchev–Trinajstić information content (AvgIpc) is 3.09. The van der Waals surface area contributed by atoms with Crippen molar-refractivity contribution in [3.63, 3.8) is 0 Å². The van der Waals surface area contributed by atoms with Crippen molar-refractivity contribution in [2.75, 3.05) is 0 Å². The second kappa shape index (κ2) is 16.9. The van der Waals surface area contributed by atoms with Gasteiger partial charge in [-0.15, -0.1) is 0 Å². The predicted molar refractivity (Wildman–Crippen MR) is 113 cm³/mol. The first-order valence-electron chi connectivity index (χ1n) is 11.5. The molecule has 0 saturated carbocycles. The molecular weight excluding hydrogens is 336 g/mol. The third kappa shape index (κ3) is 14.5. The summed E-state index contributed by atoms with van der Waals surface area (Å²) in [6.45, 7) is 2.24. The lowest BCUT2D eigenvalue weighted by Crippen LogP contribution is -1.93. The molecule has 0 unspecified atom stereocenters. The van der Waals surface area contributed by atoms with Crippen molar-refractivity contribution in [3.8, 4) is 0 Å². The average molecular weight is 379 g/mol. The molecule has 1 aromatic rings. The Morgan fingerprint density at radius 2 is 1.11 bits per heavy atom. The number of carbonyl (C=O) groups is 1. The van der Waals surface area contributed by atoms with Gasteiger partial charge in [-0.25, -0.2) is 0 Å². The molecule has 1 N–H and O–H groups in total. The molecule has 0 spiro atoms. The summed E-state index contributed by atoms with van der Waals surface area (Å²) in [5.41, 5.74) is 0. The van der Waals surface area contributed by atoms with Gasteiger partial charge in [0.05, 0.1) is 0 Å². The first-order valence-corrected chi connectivity index (χ1v) is 11.5. The van der Waals surface area contributed by atoms with Crippen LogP contribution < -0.4 is 0 Å². The van der Waals surface area contributed by atoms with E-state index >= 15 is 0 Å².